The van der Waals surface area contributed by atoms with Crippen molar-refractivity contribution in [2.75, 3.05) is 31.5 Å². The van der Waals surface area contributed by atoms with Gasteiger partial charge in [0, 0.05) is 11.3 Å². The van der Waals surface area contributed by atoms with Gasteiger partial charge < -0.3 is 25.0 Å². The van der Waals surface area contributed by atoms with Gasteiger partial charge in [0.1, 0.15) is 23.0 Å². The van der Waals surface area contributed by atoms with Gasteiger partial charge in [-0.05, 0) is 49.4 Å². The number of nitrogen functional groups attached to an aromatic ring is 1. The molecule has 0 radical (unpaired) electrons. The highest BCUT2D eigenvalue weighted by molar-refractivity contribution is 7.98. The fourth-order valence-electron chi connectivity index (χ4n) is 3.66. The molecule has 182 valence electrons. The summed E-state index contributed by atoms with van der Waals surface area (Å²) in [5, 5.41) is 12.1. The number of nitrogens with one attached hydrogen (secondary N) is 1. The second-order valence-corrected chi connectivity index (χ2v) is 8.53. The number of methoxy groups -OCH3 is 2. The van der Waals surface area contributed by atoms with E-state index in [4.69, 9.17) is 19.7 Å². The molecule has 0 aliphatic heterocycles. The lowest BCUT2D eigenvalue weighted by Gasteiger charge is -2.11. The van der Waals surface area contributed by atoms with Gasteiger partial charge in [-0.15, -0.1) is 11.8 Å². The van der Waals surface area contributed by atoms with Crippen LogP contribution in [0.3, 0.4) is 0 Å². The summed E-state index contributed by atoms with van der Waals surface area (Å²) in [5.41, 5.74) is 10.3. The molecule has 0 saturated heterocycles. The monoisotopic (exact) mass is 494 g/mol. The van der Waals surface area contributed by atoms with E-state index in [1.54, 1.807) is 32.4 Å². The predicted octanol–water partition coefficient (Wildman–Crippen LogP) is 4.18. The second-order valence-electron chi connectivity index (χ2n) is 7.74. The number of thioether (sulfide) groups is 1. The summed E-state index contributed by atoms with van der Waals surface area (Å²) >= 11 is 1.37. The van der Waals surface area contributed by atoms with Crippen LogP contribution in [0.25, 0.3) is 22.8 Å². The number of aromatic nitrogens is 4. The third kappa shape index (κ3) is 4.80. The summed E-state index contributed by atoms with van der Waals surface area (Å²) in [7, 11) is 3.12. The van der Waals surface area contributed by atoms with E-state index in [-0.39, 0.29) is 24.2 Å². The van der Waals surface area contributed by atoms with E-state index in [1.807, 2.05) is 38.3 Å². The number of anilines is 2. The first-order valence-electron chi connectivity index (χ1n) is 10.7. The zero-order chi connectivity index (χ0) is 25.1. The van der Waals surface area contributed by atoms with Gasteiger partial charge in [-0.25, -0.2) is 4.68 Å². The summed E-state index contributed by atoms with van der Waals surface area (Å²) in [6, 6.07) is 11.2. The molecule has 2 heterocycles. The molecular weight excluding hydrogens is 468 g/mol. The van der Waals surface area contributed by atoms with E-state index < -0.39 is 0 Å². The number of rotatable bonds is 8. The molecule has 0 spiro atoms. The van der Waals surface area contributed by atoms with Crippen LogP contribution < -0.4 is 20.5 Å². The van der Waals surface area contributed by atoms with Crippen molar-refractivity contribution in [3.63, 3.8) is 0 Å². The third-order valence-corrected chi connectivity index (χ3v) is 6.15. The molecule has 4 aromatic rings. The van der Waals surface area contributed by atoms with Gasteiger partial charge in [0.05, 0.1) is 14.2 Å². The van der Waals surface area contributed by atoms with Crippen molar-refractivity contribution in [1.82, 2.24) is 19.9 Å². The molecule has 35 heavy (non-hydrogen) atoms. The fourth-order valence-corrected chi connectivity index (χ4v) is 4.24. The third-order valence-electron chi connectivity index (χ3n) is 5.47. The molecule has 3 N–H and O–H groups in total. The highest BCUT2D eigenvalue weighted by Crippen LogP contribution is 2.36. The quantitative estimate of drug-likeness (QED) is 0.346. The van der Waals surface area contributed by atoms with Gasteiger partial charge in [0.25, 0.3) is 5.89 Å². The molecule has 10 nitrogen and oxygen atoms in total. The summed E-state index contributed by atoms with van der Waals surface area (Å²) in [4.78, 5) is 17.3. The molecule has 0 unspecified atom stereocenters. The summed E-state index contributed by atoms with van der Waals surface area (Å²) in [6.45, 7) is 3.82. The van der Waals surface area contributed by atoms with Crippen molar-refractivity contribution in [3.8, 4) is 34.3 Å². The minimum absolute atomic E-state index is 0.0656. The van der Waals surface area contributed by atoms with Crippen molar-refractivity contribution < 1.29 is 18.8 Å². The van der Waals surface area contributed by atoms with E-state index in [0.29, 0.717) is 33.5 Å². The van der Waals surface area contributed by atoms with Crippen molar-refractivity contribution >= 4 is 29.2 Å². The summed E-state index contributed by atoms with van der Waals surface area (Å²) < 4.78 is 17.6. The minimum Gasteiger partial charge on any atom is -0.493 e. The largest absolute Gasteiger partial charge is 0.493 e. The van der Waals surface area contributed by atoms with Crippen LogP contribution >= 0.6 is 11.8 Å². The average molecular weight is 495 g/mol. The molecule has 0 saturated carbocycles. The maximum Gasteiger partial charge on any atom is 0.264 e. The number of nitrogens with zero attached hydrogens (tertiary/aromatic N) is 4. The normalized spacial score (nSPS) is 10.9. The Morgan fingerprint density at radius 1 is 1.14 bits per heavy atom. The molecule has 0 atom stereocenters. The summed E-state index contributed by atoms with van der Waals surface area (Å²) in [6.07, 6.45) is 1.86. The molecule has 0 fully saturated rings. The first-order chi connectivity index (χ1) is 16.9. The molecule has 0 bridgehead atoms. The Bertz CT molecular complexity index is 1360. The Kier molecular flexibility index (Phi) is 6.97. The number of carbonyl (C=O) groups excluding carboxylic acids is 1. The molecule has 2 aromatic heterocycles. The number of para-hydroxylation sites is 1. The Hall–Kier alpha value is -3.99. The average Bonchev–Trinajstić information content (AvgIpc) is 3.45. The first-order valence-corrected chi connectivity index (χ1v) is 11.9. The number of amides is 1. The Labute approximate surface area is 206 Å². The maximum absolute atomic E-state index is 12.8. The molecule has 0 aliphatic carbocycles. The number of aryl methyl sites for hydroxylation is 2. The number of carbonyl (C=O) groups is 1. The summed E-state index contributed by atoms with van der Waals surface area (Å²) in [5.74, 6) is 1.71. The van der Waals surface area contributed by atoms with Crippen LogP contribution in [0.15, 0.2) is 45.9 Å². The van der Waals surface area contributed by atoms with Crippen molar-refractivity contribution in [3.05, 3.63) is 47.5 Å². The van der Waals surface area contributed by atoms with Gasteiger partial charge in [-0.1, -0.05) is 23.4 Å². The van der Waals surface area contributed by atoms with Crippen LogP contribution in [0.1, 0.15) is 11.1 Å². The smallest absolute Gasteiger partial charge is 0.264 e. The van der Waals surface area contributed by atoms with Crippen LogP contribution in [0.5, 0.6) is 11.5 Å². The Morgan fingerprint density at radius 2 is 1.86 bits per heavy atom. The van der Waals surface area contributed by atoms with E-state index in [1.165, 1.54) is 16.4 Å². The minimum atomic E-state index is -0.243. The molecule has 4 rings (SSSR count). The van der Waals surface area contributed by atoms with E-state index in [0.717, 1.165) is 16.8 Å². The van der Waals surface area contributed by atoms with Crippen LogP contribution in [-0.2, 0) is 11.3 Å². The van der Waals surface area contributed by atoms with Crippen molar-refractivity contribution in [2.24, 2.45) is 0 Å². The standard InChI is InChI=1S/C24H26N6O4S/c1-13-7-6-8-14(2)20(13)26-18(31)12-30-21(25)19(24(28-30)35-5)23-27-22(29-34-23)15-9-10-16(32-3)17(11-15)33-4/h6-11H,12,25H2,1-5H3,(H,26,31). The number of benzene rings is 2. The van der Waals surface area contributed by atoms with Gasteiger partial charge in [0.2, 0.25) is 11.7 Å². The topological polar surface area (TPSA) is 130 Å². The van der Waals surface area contributed by atoms with Crippen LogP contribution in [-0.4, -0.2) is 46.3 Å². The second kappa shape index (κ2) is 10.1. The van der Waals surface area contributed by atoms with Gasteiger partial charge >= 0.3 is 0 Å². The van der Waals surface area contributed by atoms with Crippen LogP contribution in [0.2, 0.25) is 0 Å². The van der Waals surface area contributed by atoms with E-state index in [9.17, 15) is 4.79 Å². The molecule has 1 amide bonds. The Balaban J connectivity index is 1.61. The molecular formula is C24H26N6O4S. The van der Waals surface area contributed by atoms with E-state index in [2.05, 4.69) is 20.6 Å². The number of ether oxygens (including phenoxy) is 2. The van der Waals surface area contributed by atoms with Crippen LogP contribution in [0, 0.1) is 13.8 Å². The van der Waals surface area contributed by atoms with Gasteiger partial charge in [-0.3, -0.25) is 4.79 Å². The number of hydrogen-bond acceptors (Lipinski definition) is 9. The number of hydrogen-bond donors (Lipinski definition) is 2. The van der Waals surface area contributed by atoms with E-state index >= 15 is 0 Å². The SMILES string of the molecule is COc1ccc(-c2noc(-c3c(SC)nn(CC(=O)Nc4c(C)cccc4C)c3N)n2)cc1OC. The molecule has 2 aromatic carbocycles. The predicted molar refractivity (Wildman–Crippen MR) is 135 cm³/mol. The maximum atomic E-state index is 12.8. The molecule has 11 heteroatoms. The Morgan fingerprint density at radius 3 is 2.51 bits per heavy atom. The van der Waals surface area contributed by atoms with Crippen LogP contribution in [0.4, 0.5) is 11.5 Å². The fraction of sp³-hybridized carbons (Fsp3) is 0.250. The lowest BCUT2D eigenvalue weighted by molar-refractivity contribution is -0.116. The van der Waals surface area contributed by atoms with Crippen molar-refractivity contribution in [2.45, 2.75) is 25.4 Å². The van der Waals surface area contributed by atoms with Gasteiger partial charge in [0.15, 0.2) is 11.5 Å². The lowest BCUT2D eigenvalue weighted by atomic mass is 10.1. The lowest BCUT2D eigenvalue weighted by Crippen LogP contribution is -2.21. The zero-order valence-corrected chi connectivity index (χ0v) is 20.9. The zero-order valence-electron chi connectivity index (χ0n) is 20.1. The molecule has 0 aliphatic rings. The highest BCUT2D eigenvalue weighted by atomic mass is 32.2. The van der Waals surface area contributed by atoms with Crippen molar-refractivity contribution in [1.29, 1.82) is 0 Å². The number of nitrogens with two attached hydrogens (primary N) is 1. The highest BCUT2D eigenvalue weighted by Gasteiger charge is 2.24. The van der Waals surface area contributed by atoms with Gasteiger partial charge in [-0.2, -0.15) is 10.1 Å². The first kappa shape index (κ1) is 24.1.